The zero-order valence-electron chi connectivity index (χ0n) is 9.30. The molecule has 0 bridgehead atoms. The average Bonchev–Trinajstić information content (AvgIpc) is 2.35. The van der Waals surface area contributed by atoms with Crippen molar-refractivity contribution in [3.8, 4) is 5.88 Å². The first-order valence-corrected chi connectivity index (χ1v) is 4.93. The summed E-state index contributed by atoms with van der Waals surface area (Å²) in [5, 5.41) is 8.69. The molecule has 1 rings (SSSR count). The zero-order valence-corrected chi connectivity index (χ0v) is 9.30. The van der Waals surface area contributed by atoms with Gasteiger partial charge in [-0.15, -0.1) is 0 Å². The monoisotopic (exact) mass is 231 g/mol. The third kappa shape index (κ3) is 3.95. The number of aromatic nitrogens is 1. The number of aromatic carboxylic acids is 1. The Morgan fingerprint density at radius 1 is 1.47 bits per heavy atom. The minimum absolute atomic E-state index is 0.128. The summed E-state index contributed by atoms with van der Waals surface area (Å²) in [6.07, 6.45) is 6.33. The summed E-state index contributed by atoms with van der Waals surface area (Å²) >= 11 is 0. The molecule has 0 saturated heterocycles. The van der Waals surface area contributed by atoms with Crippen LogP contribution in [0.3, 0.4) is 0 Å². The number of pyridine rings is 1. The lowest BCUT2D eigenvalue weighted by Crippen LogP contribution is -2.02. The van der Waals surface area contributed by atoms with Gasteiger partial charge in [-0.3, -0.25) is 0 Å². The van der Waals surface area contributed by atoms with Crippen molar-refractivity contribution in [2.75, 3.05) is 6.61 Å². The van der Waals surface area contributed by atoms with Crippen molar-refractivity contribution in [2.45, 2.75) is 0 Å². The fourth-order valence-corrected chi connectivity index (χ4v) is 1.08. The molecule has 0 radical (unpaired) electrons. The van der Waals surface area contributed by atoms with Crippen LogP contribution in [0.15, 0.2) is 55.3 Å². The highest BCUT2D eigenvalue weighted by Gasteiger charge is 2.03. The Morgan fingerprint density at radius 3 is 2.71 bits per heavy atom. The summed E-state index contributed by atoms with van der Waals surface area (Å²) in [6.45, 7) is 7.52. The Balaban J connectivity index is 2.64. The summed E-state index contributed by atoms with van der Waals surface area (Å²) in [5.74, 6) is -0.644. The van der Waals surface area contributed by atoms with Gasteiger partial charge in [-0.25, -0.2) is 9.78 Å². The van der Waals surface area contributed by atoms with E-state index >= 15 is 0 Å². The Hall–Kier alpha value is -2.36. The number of ether oxygens (including phenoxy) is 1. The maximum atomic E-state index is 10.6. The second kappa shape index (κ2) is 6.27. The molecule has 0 fully saturated rings. The van der Waals surface area contributed by atoms with Crippen LogP contribution in [-0.4, -0.2) is 22.7 Å². The van der Waals surface area contributed by atoms with Crippen LogP contribution in [0.4, 0.5) is 0 Å². The average molecular weight is 231 g/mol. The van der Waals surface area contributed by atoms with Gasteiger partial charge in [0.2, 0.25) is 5.88 Å². The molecule has 1 aromatic heterocycles. The summed E-state index contributed by atoms with van der Waals surface area (Å²) in [7, 11) is 0. The molecule has 88 valence electrons. The third-order valence-corrected chi connectivity index (χ3v) is 1.96. The molecule has 0 saturated carbocycles. The third-order valence-electron chi connectivity index (χ3n) is 1.96. The molecule has 4 nitrogen and oxygen atoms in total. The van der Waals surface area contributed by atoms with Crippen LogP contribution in [0.2, 0.25) is 0 Å². The van der Waals surface area contributed by atoms with Crippen molar-refractivity contribution >= 4 is 5.97 Å². The molecule has 0 spiro atoms. The highest BCUT2D eigenvalue weighted by atomic mass is 16.5. The van der Waals surface area contributed by atoms with E-state index < -0.39 is 5.97 Å². The fraction of sp³-hybridized carbons (Fsp3) is 0.0769. The smallest absolute Gasteiger partial charge is 0.337 e. The van der Waals surface area contributed by atoms with Gasteiger partial charge in [-0.1, -0.05) is 31.4 Å². The predicted molar refractivity (Wildman–Crippen MR) is 65.2 cm³/mol. The van der Waals surface area contributed by atoms with Gasteiger partial charge in [0, 0.05) is 12.3 Å². The first kappa shape index (κ1) is 12.7. The van der Waals surface area contributed by atoms with Crippen LogP contribution in [0, 0.1) is 0 Å². The number of hydrogen-bond donors (Lipinski definition) is 1. The van der Waals surface area contributed by atoms with E-state index in [9.17, 15) is 4.79 Å². The van der Waals surface area contributed by atoms with Crippen LogP contribution in [-0.2, 0) is 0 Å². The second-order valence-electron chi connectivity index (χ2n) is 3.16. The summed E-state index contributed by atoms with van der Waals surface area (Å²) in [4.78, 5) is 14.5. The van der Waals surface area contributed by atoms with Gasteiger partial charge in [0.25, 0.3) is 0 Å². The number of nitrogens with zero attached hydrogens (tertiary/aromatic N) is 1. The Labute approximate surface area is 99.6 Å². The molecule has 17 heavy (non-hydrogen) atoms. The molecule has 0 unspecified atom stereocenters. The minimum Gasteiger partial charge on any atom is -0.478 e. The van der Waals surface area contributed by atoms with Crippen LogP contribution in [0.5, 0.6) is 5.88 Å². The van der Waals surface area contributed by atoms with Crippen molar-refractivity contribution in [2.24, 2.45) is 0 Å². The number of carboxylic acid groups (broad SMARTS) is 1. The molecule has 0 amide bonds. The first-order chi connectivity index (χ1) is 8.17. The van der Waals surface area contributed by atoms with E-state index in [2.05, 4.69) is 18.1 Å². The number of carbonyl (C=O) groups is 1. The van der Waals surface area contributed by atoms with Crippen molar-refractivity contribution in [1.29, 1.82) is 0 Å². The van der Waals surface area contributed by atoms with Gasteiger partial charge in [0.15, 0.2) is 0 Å². The van der Waals surface area contributed by atoms with E-state index in [1.165, 1.54) is 18.3 Å². The molecule has 0 aliphatic carbocycles. The molecular weight excluding hydrogens is 218 g/mol. The Morgan fingerprint density at radius 2 is 2.24 bits per heavy atom. The van der Waals surface area contributed by atoms with Gasteiger partial charge in [0.05, 0.1) is 5.56 Å². The maximum Gasteiger partial charge on any atom is 0.337 e. The van der Waals surface area contributed by atoms with Gasteiger partial charge in [0.1, 0.15) is 6.61 Å². The lowest BCUT2D eigenvalue weighted by atomic mass is 10.2. The Bertz CT molecular complexity index is 446. The van der Waals surface area contributed by atoms with Crippen LogP contribution >= 0.6 is 0 Å². The number of rotatable bonds is 6. The lowest BCUT2D eigenvalue weighted by Gasteiger charge is -2.05. The molecule has 1 aromatic rings. The first-order valence-electron chi connectivity index (χ1n) is 4.93. The van der Waals surface area contributed by atoms with E-state index in [-0.39, 0.29) is 5.56 Å². The van der Waals surface area contributed by atoms with Crippen molar-refractivity contribution in [1.82, 2.24) is 4.98 Å². The van der Waals surface area contributed by atoms with Crippen molar-refractivity contribution < 1.29 is 14.6 Å². The zero-order chi connectivity index (χ0) is 12.7. The number of hydrogen-bond acceptors (Lipinski definition) is 3. The van der Waals surface area contributed by atoms with E-state index in [1.807, 2.05) is 0 Å². The van der Waals surface area contributed by atoms with E-state index in [0.717, 1.165) is 5.57 Å². The SMILES string of the molecule is C=C/C=C(\C=C)COc1ccc(C(=O)O)cn1. The largest absolute Gasteiger partial charge is 0.478 e. The van der Waals surface area contributed by atoms with Crippen molar-refractivity contribution in [3.05, 3.63) is 60.9 Å². The molecule has 4 heteroatoms. The van der Waals surface area contributed by atoms with Gasteiger partial charge in [-0.05, 0) is 11.6 Å². The molecule has 0 atom stereocenters. The summed E-state index contributed by atoms with van der Waals surface area (Å²) in [6, 6.07) is 2.95. The number of allylic oxidation sites excluding steroid dienone is 2. The molecular formula is C13H13NO3. The topological polar surface area (TPSA) is 59.4 Å². The van der Waals surface area contributed by atoms with E-state index in [0.29, 0.717) is 12.5 Å². The lowest BCUT2D eigenvalue weighted by molar-refractivity contribution is 0.0696. The maximum absolute atomic E-state index is 10.6. The Kier molecular flexibility index (Phi) is 4.69. The highest BCUT2D eigenvalue weighted by molar-refractivity contribution is 5.87. The quantitative estimate of drug-likeness (QED) is 0.764. The standard InChI is InChI=1S/C13H13NO3/c1-3-5-10(4-2)9-17-12-7-6-11(8-14-12)13(15)16/h3-8H,1-2,9H2,(H,15,16)/b10-5+. The van der Waals surface area contributed by atoms with Crippen molar-refractivity contribution in [3.63, 3.8) is 0 Å². The highest BCUT2D eigenvalue weighted by Crippen LogP contribution is 2.09. The predicted octanol–water partition coefficient (Wildman–Crippen LogP) is 2.46. The molecule has 1 heterocycles. The summed E-state index contributed by atoms with van der Waals surface area (Å²) < 4.78 is 5.35. The normalized spacial score (nSPS) is 10.7. The van der Waals surface area contributed by atoms with Crippen LogP contribution in [0.25, 0.3) is 0 Å². The van der Waals surface area contributed by atoms with Crippen LogP contribution in [0.1, 0.15) is 10.4 Å². The van der Waals surface area contributed by atoms with E-state index in [4.69, 9.17) is 9.84 Å². The molecule has 0 aliphatic heterocycles. The molecule has 0 aromatic carbocycles. The minimum atomic E-state index is -1.01. The molecule has 1 N–H and O–H groups in total. The van der Waals surface area contributed by atoms with Gasteiger partial charge >= 0.3 is 5.97 Å². The van der Waals surface area contributed by atoms with E-state index in [1.54, 1.807) is 18.2 Å². The van der Waals surface area contributed by atoms with Crippen LogP contribution < -0.4 is 4.74 Å². The van der Waals surface area contributed by atoms with Gasteiger partial charge < -0.3 is 9.84 Å². The summed E-state index contributed by atoms with van der Waals surface area (Å²) in [5.41, 5.74) is 0.993. The fourth-order valence-electron chi connectivity index (χ4n) is 1.08. The second-order valence-corrected chi connectivity index (χ2v) is 3.16. The molecule has 0 aliphatic rings. The van der Waals surface area contributed by atoms with Gasteiger partial charge in [-0.2, -0.15) is 0 Å². The number of carboxylic acids is 1.